The quantitative estimate of drug-likeness (QED) is 0.790. The molecule has 0 radical (unpaired) electrons. The number of carbonyl (C=O) groups excluding carboxylic acids is 2. The van der Waals surface area contributed by atoms with Gasteiger partial charge in [0.2, 0.25) is 11.8 Å². The lowest BCUT2D eigenvalue weighted by molar-refractivity contribution is -0.126. The standard InChI is InChI=1S/C19H23ClN4O2/c1-13-10-14(2)24(22-13)9-5-8-21-19(26)15-11-18(25)23(12-15)17-7-4-3-6-16(17)20/h3-4,6-7,10,15H,5,8-9,11-12H2,1-2H3,(H,21,26)/t15-/m1/s1. The molecule has 1 aromatic heterocycles. The summed E-state index contributed by atoms with van der Waals surface area (Å²) < 4.78 is 1.94. The Hall–Kier alpha value is -2.34. The van der Waals surface area contributed by atoms with Gasteiger partial charge in [-0.05, 0) is 38.5 Å². The number of aromatic nitrogens is 2. The Morgan fingerprint density at radius 3 is 2.81 bits per heavy atom. The van der Waals surface area contributed by atoms with Crippen LogP contribution in [0.2, 0.25) is 5.02 Å². The maximum absolute atomic E-state index is 12.4. The van der Waals surface area contributed by atoms with E-state index in [0.717, 1.165) is 24.4 Å². The average molecular weight is 375 g/mol. The molecule has 2 aromatic rings. The third-order valence-electron chi connectivity index (χ3n) is 4.59. The van der Waals surface area contributed by atoms with Gasteiger partial charge in [0.05, 0.1) is 22.3 Å². The Bertz CT molecular complexity index is 818. The fourth-order valence-corrected chi connectivity index (χ4v) is 3.51. The van der Waals surface area contributed by atoms with Gasteiger partial charge in [0, 0.05) is 31.7 Å². The highest BCUT2D eigenvalue weighted by Gasteiger charge is 2.35. The largest absolute Gasteiger partial charge is 0.356 e. The molecule has 1 N–H and O–H groups in total. The molecule has 0 unspecified atom stereocenters. The van der Waals surface area contributed by atoms with Crippen molar-refractivity contribution >= 4 is 29.1 Å². The molecule has 2 heterocycles. The molecular weight excluding hydrogens is 352 g/mol. The van der Waals surface area contributed by atoms with E-state index in [1.165, 1.54) is 0 Å². The second kappa shape index (κ2) is 7.91. The Balaban J connectivity index is 1.49. The van der Waals surface area contributed by atoms with Crippen LogP contribution in [0.3, 0.4) is 0 Å². The van der Waals surface area contributed by atoms with Crippen molar-refractivity contribution < 1.29 is 9.59 Å². The first-order valence-electron chi connectivity index (χ1n) is 8.79. The van der Waals surface area contributed by atoms with Crippen molar-refractivity contribution in [2.75, 3.05) is 18.0 Å². The number of hydrogen-bond acceptors (Lipinski definition) is 3. The lowest BCUT2D eigenvalue weighted by Crippen LogP contribution is -2.34. The molecule has 0 spiro atoms. The predicted octanol–water partition coefficient (Wildman–Crippen LogP) is 2.71. The highest BCUT2D eigenvalue weighted by molar-refractivity contribution is 6.33. The smallest absolute Gasteiger partial charge is 0.227 e. The number of para-hydroxylation sites is 1. The molecule has 1 atom stereocenters. The number of hydrogen-bond donors (Lipinski definition) is 1. The molecule has 0 saturated carbocycles. The molecule has 1 aromatic carbocycles. The van der Waals surface area contributed by atoms with Gasteiger partial charge in [-0.25, -0.2) is 0 Å². The molecular formula is C19H23ClN4O2. The lowest BCUT2D eigenvalue weighted by Gasteiger charge is -2.18. The minimum absolute atomic E-state index is 0.0686. The highest BCUT2D eigenvalue weighted by Crippen LogP contribution is 2.30. The van der Waals surface area contributed by atoms with Crippen LogP contribution in [-0.2, 0) is 16.1 Å². The predicted molar refractivity (Wildman–Crippen MR) is 101 cm³/mol. The number of amides is 2. The van der Waals surface area contributed by atoms with E-state index in [-0.39, 0.29) is 24.2 Å². The molecule has 6 nitrogen and oxygen atoms in total. The maximum Gasteiger partial charge on any atom is 0.227 e. The minimum Gasteiger partial charge on any atom is -0.356 e. The Kier molecular flexibility index (Phi) is 5.61. The van der Waals surface area contributed by atoms with Crippen LogP contribution in [0, 0.1) is 19.8 Å². The van der Waals surface area contributed by atoms with Crippen molar-refractivity contribution in [1.29, 1.82) is 0 Å². The van der Waals surface area contributed by atoms with E-state index >= 15 is 0 Å². The van der Waals surface area contributed by atoms with Gasteiger partial charge in [-0.15, -0.1) is 0 Å². The fourth-order valence-electron chi connectivity index (χ4n) is 3.27. The first-order valence-corrected chi connectivity index (χ1v) is 9.17. The second-order valence-electron chi connectivity index (χ2n) is 6.65. The van der Waals surface area contributed by atoms with Gasteiger partial charge in [0.25, 0.3) is 0 Å². The summed E-state index contributed by atoms with van der Waals surface area (Å²) in [4.78, 5) is 26.3. The van der Waals surface area contributed by atoms with Crippen molar-refractivity contribution in [3.63, 3.8) is 0 Å². The number of rotatable bonds is 6. The molecule has 7 heteroatoms. The van der Waals surface area contributed by atoms with Crippen molar-refractivity contribution in [2.24, 2.45) is 5.92 Å². The molecule has 2 amide bonds. The van der Waals surface area contributed by atoms with Crippen LogP contribution in [0.1, 0.15) is 24.2 Å². The van der Waals surface area contributed by atoms with Crippen molar-refractivity contribution in [3.05, 3.63) is 46.7 Å². The van der Waals surface area contributed by atoms with Crippen LogP contribution < -0.4 is 10.2 Å². The van der Waals surface area contributed by atoms with Crippen molar-refractivity contribution in [2.45, 2.75) is 33.2 Å². The summed E-state index contributed by atoms with van der Waals surface area (Å²) in [6.45, 7) is 5.67. The second-order valence-corrected chi connectivity index (χ2v) is 7.06. The van der Waals surface area contributed by atoms with E-state index in [1.54, 1.807) is 17.0 Å². The third-order valence-corrected chi connectivity index (χ3v) is 4.91. The summed E-state index contributed by atoms with van der Waals surface area (Å²) >= 11 is 6.17. The van der Waals surface area contributed by atoms with Gasteiger partial charge in [-0.3, -0.25) is 14.3 Å². The van der Waals surface area contributed by atoms with Crippen LogP contribution in [0.15, 0.2) is 30.3 Å². The summed E-state index contributed by atoms with van der Waals surface area (Å²) in [5, 5.41) is 7.86. The number of nitrogens with one attached hydrogen (secondary N) is 1. The summed E-state index contributed by atoms with van der Waals surface area (Å²) in [6.07, 6.45) is 1.01. The summed E-state index contributed by atoms with van der Waals surface area (Å²) in [5.74, 6) is -0.491. The average Bonchev–Trinajstić information content (AvgIpc) is 3.14. The molecule has 0 aliphatic carbocycles. The van der Waals surface area contributed by atoms with Crippen molar-refractivity contribution in [3.8, 4) is 0 Å². The molecule has 1 saturated heterocycles. The molecule has 1 aliphatic rings. The zero-order chi connectivity index (χ0) is 18.7. The Labute approximate surface area is 158 Å². The molecule has 0 bridgehead atoms. The van der Waals surface area contributed by atoms with E-state index in [1.807, 2.05) is 36.7 Å². The van der Waals surface area contributed by atoms with Gasteiger partial charge in [-0.2, -0.15) is 5.10 Å². The van der Waals surface area contributed by atoms with E-state index < -0.39 is 0 Å². The molecule has 1 aliphatic heterocycles. The fraction of sp³-hybridized carbons (Fsp3) is 0.421. The SMILES string of the molecule is Cc1cc(C)n(CCCNC(=O)[C@@H]2CC(=O)N(c3ccccc3Cl)C2)n1. The van der Waals surface area contributed by atoms with Crippen LogP contribution in [0.5, 0.6) is 0 Å². The number of aryl methyl sites for hydroxylation is 3. The first kappa shape index (κ1) is 18.5. The molecule has 3 rings (SSSR count). The van der Waals surface area contributed by atoms with E-state index in [9.17, 15) is 9.59 Å². The molecule has 1 fully saturated rings. The number of carbonyl (C=O) groups is 2. The Morgan fingerprint density at radius 2 is 2.12 bits per heavy atom. The molecule has 26 heavy (non-hydrogen) atoms. The number of anilines is 1. The van der Waals surface area contributed by atoms with Gasteiger partial charge in [0.1, 0.15) is 0 Å². The molecule has 138 valence electrons. The minimum atomic E-state index is -0.340. The summed E-state index contributed by atoms with van der Waals surface area (Å²) in [6, 6.07) is 9.23. The normalized spacial score (nSPS) is 17.0. The van der Waals surface area contributed by atoms with Crippen LogP contribution >= 0.6 is 11.6 Å². The van der Waals surface area contributed by atoms with E-state index in [4.69, 9.17) is 11.6 Å². The van der Waals surface area contributed by atoms with E-state index in [0.29, 0.717) is 23.8 Å². The monoisotopic (exact) mass is 374 g/mol. The number of halogens is 1. The van der Waals surface area contributed by atoms with Gasteiger partial charge < -0.3 is 10.2 Å². The van der Waals surface area contributed by atoms with E-state index in [2.05, 4.69) is 10.4 Å². The summed E-state index contributed by atoms with van der Waals surface area (Å²) in [5.41, 5.74) is 2.78. The topological polar surface area (TPSA) is 67.2 Å². The van der Waals surface area contributed by atoms with Crippen LogP contribution in [0.25, 0.3) is 0 Å². The maximum atomic E-state index is 12.4. The number of benzene rings is 1. The first-order chi connectivity index (χ1) is 12.5. The van der Waals surface area contributed by atoms with Crippen LogP contribution in [0.4, 0.5) is 5.69 Å². The lowest BCUT2D eigenvalue weighted by atomic mass is 10.1. The van der Waals surface area contributed by atoms with Crippen molar-refractivity contribution in [1.82, 2.24) is 15.1 Å². The summed E-state index contributed by atoms with van der Waals surface area (Å²) in [7, 11) is 0. The third kappa shape index (κ3) is 4.07. The highest BCUT2D eigenvalue weighted by atomic mass is 35.5. The van der Waals surface area contributed by atoms with Gasteiger partial charge >= 0.3 is 0 Å². The zero-order valence-corrected chi connectivity index (χ0v) is 15.8. The van der Waals surface area contributed by atoms with Gasteiger partial charge in [0.15, 0.2) is 0 Å². The zero-order valence-electron chi connectivity index (χ0n) is 15.0. The number of nitrogens with zero attached hydrogens (tertiary/aromatic N) is 3. The van der Waals surface area contributed by atoms with Gasteiger partial charge in [-0.1, -0.05) is 23.7 Å². The Morgan fingerprint density at radius 1 is 1.35 bits per heavy atom. The van der Waals surface area contributed by atoms with Crippen LogP contribution in [-0.4, -0.2) is 34.7 Å².